The van der Waals surface area contributed by atoms with Gasteiger partial charge in [-0.05, 0) is 44.1 Å². The number of fused-ring (bicyclic) bond motifs is 1. The number of allylic oxidation sites excluding steroid dienone is 2. The number of nitrogens with zero attached hydrogens (tertiary/aromatic N) is 1. The van der Waals surface area contributed by atoms with Crippen molar-refractivity contribution in [1.82, 2.24) is 0 Å². The molecular formula is C19H22N2O3S. The van der Waals surface area contributed by atoms with Gasteiger partial charge in [0.15, 0.2) is 0 Å². The van der Waals surface area contributed by atoms with Crippen LogP contribution in [0.5, 0.6) is 0 Å². The summed E-state index contributed by atoms with van der Waals surface area (Å²) in [5.41, 5.74) is 1.66. The van der Waals surface area contributed by atoms with Crippen molar-refractivity contribution in [2.75, 3.05) is 5.32 Å². The number of rotatable bonds is 3. The molecule has 5 nitrogen and oxygen atoms in total. The van der Waals surface area contributed by atoms with Crippen molar-refractivity contribution in [1.29, 1.82) is 5.26 Å². The van der Waals surface area contributed by atoms with Gasteiger partial charge in [-0.15, -0.1) is 11.3 Å². The summed E-state index contributed by atoms with van der Waals surface area (Å²) in [6, 6.07) is 2.26. The quantitative estimate of drug-likeness (QED) is 0.802. The Morgan fingerprint density at radius 3 is 2.48 bits per heavy atom. The Balaban J connectivity index is 1.83. The zero-order valence-electron chi connectivity index (χ0n) is 14.1. The molecule has 1 aromatic heterocycles. The Kier molecular flexibility index (Phi) is 5.54. The summed E-state index contributed by atoms with van der Waals surface area (Å²) in [5.74, 6) is -2.51. The van der Waals surface area contributed by atoms with Crippen LogP contribution in [0.1, 0.15) is 54.5 Å². The van der Waals surface area contributed by atoms with E-state index in [1.54, 1.807) is 0 Å². The summed E-state index contributed by atoms with van der Waals surface area (Å²) in [4.78, 5) is 25.3. The molecule has 2 aliphatic carbocycles. The van der Waals surface area contributed by atoms with Crippen LogP contribution in [0, 0.1) is 23.2 Å². The molecule has 0 spiro atoms. The largest absolute Gasteiger partial charge is 0.481 e. The fourth-order valence-electron chi connectivity index (χ4n) is 3.71. The minimum atomic E-state index is -0.941. The minimum absolute atomic E-state index is 0.289. The van der Waals surface area contributed by atoms with Crippen LogP contribution in [0.25, 0.3) is 0 Å². The second-order valence-corrected chi connectivity index (χ2v) is 7.82. The first-order valence-electron chi connectivity index (χ1n) is 8.85. The van der Waals surface area contributed by atoms with E-state index in [0.29, 0.717) is 23.4 Å². The van der Waals surface area contributed by atoms with Crippen molar-refractivity contribution < 1.29 is 14.7 Å². The number of hydrogen-bond acceptors (Lipinski definition) is 4. The highest BCUT2D eigenvalue weighted by Gasteiger charge is 2.34. The maximum Gasteiger partial charge on any atom is 0.307 e. The van der Waals surface area contributed by atoms with Gasteiger partial charge in [-0.2, -0.15) is 5.26 Å². The first-order chi connectivity index (χ1) is 12.1. The van der Waals surface area contributed by atoms with E-state index in [4.69, 9.17) is 0 Å². The van der Waals surface area contributed by atoms with E-state index < -0.39 is 17.8 Å². The smallest absolute Gasteiger partial charge is 0.307 e. The molecule has 0 saturated carbocycles. The third-order valence-corrected chi connectivity index (χ3v) is 6.31. The van der Waals surface area contributed by atoms with E-state index in [2.05, 4.69) is 11.4 Å². The SMILES string of the molecule is N#Cc1c(NC(=O)[C@@H]2CC=CC[C@H]2C(=O)O)sc2c1CCCCCC2. The van der Waals surface area contributed by atoms with Gasteiger partial charge in [0.1, 0.15) is 11.1 Å². The fraction of sp³-hybridized carbons (Fsp3) is 0.526. The van der Waals surface area contributed by atoms with Gasteiger partial charge in [-0.3, -0.25) is 9.59 Å². The molecule has 0 unspecified atom stereocenters. The second-order valence-electron chi connectivity index (χ2n) is 6.72. The second kappa shape index (κ2) is 7.83. The molecule has 0 saturated heterocycles. The molecule has 132 valence electrons. The third-order valence-electron chi connectivity index (χ3n) is 5.11. The predicted molar refractivity (Wildman–Crippen MR) is 96.5 cm³/mol. The van der Waals surface area contributed by atoms with E-state index in [1.165, 1.54) is 29.1 Å². The van der Waals surface area contributed by atoms with Crippen molar-refractivity contribution in [3.63, 3.8) is 0 Å². The molecule has 0 radical (unpaired) electrons. The molecule has 0 aliphatic heterocycles. The van der Waals surface area contributed by atoms with Gasteiger partial charge < -0.3 is 10.4 Å². The maximum absolute atomic E-state index is 12.7. The van der Waals surface area contributed by atoms with Gasteiger partial charge in [0.25, 0.3) is 0 Å². The summed E-state index contributed by atoms with van der Waals surface area (Å²) >= 11 is 1.49. The Morgan fingerprint density at radius 2 is 1.80 bits per heavy atom. The van der Waals surface area contributed by atoms with Crippen LogP contribution < -0.4 is 5.32 Å². The van der Waals surface area contributed by atoms with Gasteiger partial charge in [0.2, 0.25) is 5.91 Å². The first-order valence-corrected chi connectivity index (χ1v) is 9.66. The summed E-state index contributed by atoms with van der Waals surface area (Å²) in [6.45, 7) is 0. The van der Waals surface area contributed by atoms with Crippen LogP contribution in [0.4, 0.5) is 5.00 Å². The van der Waals surface area contributed by atoms with Crippen molar-refractivity contribution >= 4 is 28.2 Å². The van der Waals surface area contributed by atoms with Crippen molar-refractivity contribution in [3.8, 4) is 6.07 Å². The van der Waals surface area contributed by atoms with E-state index in [-0.39, 0.29) is 5.91 Å². The Morgan fingerprint density at radius 1 is 1.12 bits per heavy atom. The maximum atomic E-state index is 12.7. The number of aliphatic carboxylic acids is 1. The standard InChI is InChI=1S/C19H22N2O3S/c20-11-15-12-7-3-1-2-4-10-16(12)25-18(15)21-17(22)13-8-5-6-9-14(13)19(23)24/h5-6,13-14H,1-4,7-10H2,(H,21,22)(H,23,24)/t13-,14-/m1/s1. The molecule has 0 bridgehead atoms. The topological polar surface area (TPSA) is 90.2 Å². The van der Waals surface area contributed by atoms with Crippen LogP contribution in [-0.4, -0.2) is 17.0 Å². The van der Waals surface area contributed by atoms with Gasteiger partial charge in [-0.25, -0.2) is 0 Å². The molecule has 2 N–H and O–H groups in total. The fourth-order valence-corrected chi connectivity index (χ4v) is 4.95. The monoisotopic (exact) mass is 358 g/mol. The summed E-state index contributed by atoms with van der Waals surface area (Å²) in [6.07, 6.45) is 10.9. The highest BCUT2D eigenvalue weighted by atomic mass is 32.1. The molecule has 3 rings (SSSR count). The van der Waals surface area contributed by atoms with Crippen LogP contribution in [-0.2, 0) is 22.4 Å². The van der Waals surface area contributed by atoms with Gasteiger partial charge in [0, 0.05) is 4.88 Å². The number of anilines is 1. The minimum Gasteiger partial charge on any atom is -0.481 e. The van der Waals surface area contributed by atoms with Crippen molar-refractivity contribution in [3.05, 3.63) is 28.2 Å². The lowest BCUT2D eigenvalue weighted by molar-refractivity contribution is -0.146. The van der Waals surface area contributed by atoms with Gasteiger partial charge >= 0.3 is 5.97 Å². The number of nitriles is 1. The molecule has 2 atom stereocenters. The number of hydrogen-bond donors (Lipinski definition) is 2. The summed E-state index contributed by atoms with van der Waals surface area (Å²) in [7, 11) is 0. The van der Waals surface area contributed by atoms with Gasteiger partial charge in [-0.1, -0.05) is 25.0 Å². The zero-order chi connectivity index (χ0) is 17.8. The lowest BCUT2D eigenvalue weighted by atomic mass is 9.82. The Labute approximate surface area is 151 Å². The number of carboxylic acids is 1. The number of nitrogens with one attached hydrogen (secondary N) is 1. The van der Waals surface area contributed by atoms with E-state index in [1.807, 2.05) is 12.2 Å². The van der Waals surface area contributed by atoms with Crippen LogP contribution in [0.2, 0.25) is 0 Å². The molecule has 1 amide bonds. The van der Waals surface area contributed by atoms with Crippen LogP contribution in [0.3, 0.4) is 0 Å². The molecule has 0 fully saturated rings. The Hall–Kier alpha value is -2.13. The van der Waals surface area contributed by atoms with Crippen LogP contribution >= 0.6 is 11.3 Å². The normalized spacial score (nSPS) is 23.0. The number of carbonyl (C=O) groups is 2. The average molecular weight is 358 g/mol. The van der Waals surface area contributed by atoms with E-state index in [9.17, 15) is 20.0 Å². The zero-order valence-corrected chi connectivity index (χ0v) is 14.9. The first kappa shape index (κ1) is 17.7. The number of carbonyl (C=O) groups excluding carboxylic acids is 1. The third kappa shape index (κ3) is 3.77. The van der Waals surface area contributed by atoms with Crippen molar-refractivity contribution in [2.45, 2.75) is 51.4 Å². The molecule has 6 heteroatoms. The molecule has 25 heavy (non-hydrogen) atoms. The van der Waals surface area contributed by atoms with Crippen LogP contribution in [0.15, 0.2) is 12.2 Å². The Bertz CT molecular complexity index is 745. The average Bonchev–Trinajstić information content (AvgIpc) is 2.90. The highest BCUT2D eigenvalue weighted by molar-refractivity contribution is 7.16. The molecule has 0 aromatic carbocycles. The number of thiophene rings is 1. The predicted octanol–water partition coefficient (Wildman–Crippen LogP) is 3.88. The number of aryl methyl sites for hydroxylation is 1. The molecule has 1 aromatic rings. The highest BCUT2D eigenvalue weighted by Crippen LogP contribution is 2.37. The van der Waals surface area contributed by atoms with E-state index in [0.717, 1.165) is 31.2 Å². The lowest BCUT2D eigenvalue weighted by Gasteiger charge is -2.23. The van der Waals surface area contributed by atoms with Crippen molar-refractivity contribution in [2.24, 2.45) is 11.8 Å². The molecular weight excluding hydrogens is 336 g/mol. The number of amides is 1. The summed E-state index contributed by atoms with van der Waals surface area (Å²) in [5, 5.41) is 22.4. The van der Waals surface area contributed by atoms with E-state index >= 15 is 0 Å². The lowest BCUT2D eigenvalue weighted by Crippen LogP contribution is -2.34. The molecule has 1 heterocycles. The molecule has 2 aliphatic rings. The number of carboxylic acid groups (broad SMARTS) is 1. The summed E-state index contributed by atoms with van der Waals surface area (Å²) < 4.78 is 0. The van der Waals surface area contributed by atoms with Gasteiger partial charge in [0.05, 0.1) is 17.4 Å².